The molecule has 21 heavy (non-hydrogen) atoms. The number of hydrogen-bond acceptors (Lipinski definition) is 4. The van der Waals surface area contributed by atoms with Gasteiger partial charge in [-0.2, -0.15) is 0 Å². The molecule has 0 unspecified atom stereocenters. The van der Waals surface area contributed by atoms with Crippen LogP contribution in [0.1, 0.15) is 22.3 Å². The first-order valence-corrected chi connectivity index (χ1v) is 7.26. The SMILES string of the molecule is NC(=O)c1ccc(CNCCCN2CCOCC2)c(F)c1. The van der Waals surface area contributed by atoms with E-state index in [4.69, 9.17) is 10.5 Å². The van der Waals surface area contributed by atoms with Crippen molar-refractivity contribution in [3.05, 3.63) is 35.1 Å². The van der Waals surface area contributed by atoms with Gasteiger partial charge >= 0.3 is 0 Å². The highest BCUT2D eigenvalue weighted by atomic mass is 19.1. The fourth-order valence-electron chi connectivity index (χ4n) is 2.32. The van der Waals surface area contributed by atoms with E-state index in [2.05, 4.69) is 10.2 Å². The Hall–Kier alpha value is -1.50. The molecule has 116 valence electrons. The third-order valence-corrected chi connectivity index (χ3v) is 3.58. The number of nitrogens with two attached hydrogens (primary N) is 1. The van der Waals surface area contributed by atoms with Gasteiger partial charge in [-0.05, 0) is 31.6 Å². The average molecular weight is 295 g/mol. The van der Waals surface area contributed by atoms with Crippen molar-refractivity contribution in [2.24, 2.45) is 5.73 Å². The maximum atomic E-state index is 13.7. The number of carbonyl (C=O) groups excluding carboxylic acids is 1. The van der Waals surface area contributed by atoms with Crippen LogP contribution in [-0.4, -0.2) is 50.2 Å². The molecular weight excluding hydrogens is 273 g/mol. The Bertz CT molecular complexity index is 476. The molecule has 1 aromatic rings. The molecule has 1 aliphatic heterocycles. The van der Waals surface area contributed by atoms with Gasteiger partial charge in [0, 0.05) is 30.8 Å². The van der Waals surface area contributed by atoms with Crippen LogP contribution >= 0.6 is 0 Å². The summed E-state index contributed by atoms with van der Waals surface area (Å²) in [5.74, 6) is -1.01. The number of primary amides is 1. The third kappa shape index (κ3) is 5.08. The Labute approximate surface area is 124 Å². The minimum Gasteiger partial charge on any atom is -0.379 e. The monoisotopic (exact) mass is 295 g/mol. The minimum atomic E-state index is -0.612. The minimum absolute atomic E-state index is 0.198. The van der Waals surface area contributed by atoms with Crippen LogP contribution in [-0.2, 0) is 11.3 Å². The molecule has 1 amide bonds. The van der Waals surface area contributed by atoms with E-state index in [-0.39, 0.29) is 5.56 Å². The van der Waals surface area contributed by atoms with Crippen LogP contribution in [0.5, 0.6) is 0 Å². The molecule has 0 radical (unpaired) electrons. The van der Waals surface area contributed by atoms with Crippen LogP contribution in [0, 0.1) is 5.82 Å². The van der Waals surface area contributed by atoms with Gasteiger partial charge in [0.2, 0.25) is 5.91 Å². The molecular formula is C15H22FN3O2. The average Bonchev–Trinajstić information content (AvgIpc) is 2.49. The van der Waals surface area contributed by atoms with Gasteiger partial charge in [0.15, 0.2) is 0 Å². The van der Waals surface area contributed by atoms with Crippen LogP contribution in [0.4, 0.5) is 4.39 Å². The number of hydrogen-bond donors (Lipinski definition) is 2. The number of morpholine rings is 1. The summed E-state index contributed by atoms with van der Waals surface area (Å²) in [4.78, 5) is 13.3. The molecule has 0 aromatic heterocycles. The van der Waals surface area contributed by atoms with Gasteiger partial charge in [0.1, 0.15) is 5.82 Å². The second-order valence-electron chi connectivity index (χ2n) is 5.15. The van der Waals surface area contributed by atoms with Crippen molar-refractivity contribution in [1.29, 1.82) is 0 Å². The van der Waals surface area contributed by atoms with E-state index in [1.807, 2.05) is 0 Å². The van der Waals surface area contributed by atoms with Gasteiger partial charge in [0.05, 0.1) is 13.2 Å². The standard InChI is InChI=1S/C15H22FN3O2/c16-14-10-12(15(17)20)2-3-13(14)11-18-4-1-5-19-6-8-21-9-7-19/h2-3,10,18H,1,4-9,11H2,(H2,17,20). The second-order valence-corrected chi connectivity index (χ2v) is 5.15. The lowest BCUT2D eigenvalue weighted by Crippen LogP contribution is -2.37. The highest BCUT2D eigenvalue weighted by Crippen LogP contribution is 2.10. The van der Waals surface area contributed by atoms with Crippen molar-refractivity contribution < 1.29 is 13.9 Å². The zero-order valence-electron chi connectivity index (χ0n) is 12.1. The van der Waals surface area contributed by atoms with E-state index in [0.717, 1.165) is 45.8 Å². The van der Waals surface area contributed by atoms with Gasteiger partial charge in [-0.3, -0.25) is 9.69 Å². The highest BCUT2D eigenvalue weighted by Gasteiger charge is 2.09. The molecule has 0 spiro atoms. The molecule has 1 aromatic carbocycles. The quantitative estimate of drug-likeness (QED) is 0.728. The van der Waals surface area contributed by atoms with Crippen LogP contribution in [0.3, 0.4) is 0 Å². The Morgan fingerprint density at radius 2 is 2.14 bits per heavy atom. The van der Waals surface area contributed by atoms with Crippen LogP contribution < -0.4 is 11.1 Å². The summed E-state index contributed by atoms with van der Waals surface area (Å²) in [5.41, 5.74) is 5.85. The number of rotatable bonds is 7. The molecule has 1 aliphatic rings. The third-order valence-electron chi connectivity index (χ3n) is 3.58. The molecule has 1 saturated heterocycles. The van der Waals surface area contributed by atoms with Crippen molar-refractivity contribution in [1.82, 2.24) is 10.2 Å². The van der Waals surface area contributed by atoms with Gasteiger partial charge < -0.3 is 15.8 Å². The van der Waals surface area contributed by atoms with E-state index < -0.39 is 11.7 Å². The zero-order chi connectivity index (χ0) is 15.1. The summed E-state index contributed by atoms with van der Waals surface area (Å²) in [5, 5.41) is 3.22. The fraction of sp³-hybridized carbons (Fsp3) is 0.533. The van der Waals surface area contributed by atoms with E-state index >= 15 is 0 Å². The van der Waals surface area contributed by atoms with E-state index in [1.54, 1.807) is 12.1 Å². The Morgan fingerprint density at radius 3 is 2.81 bits per heavy atom. The van der Waals surface area contributed by atoms with E-state index in [1.165, 1.54) is 6.07 Å². The number of carbonyl (C=O) groups is 1. The highest BCUT2D eigenvalue weighted by molar-refractivity contribution is 5.92. The zero-order valence-corrected chi connectivity index (χ0v) is 12.1. The predicted molar refractivity (Wildman–Crippen MR) is 78.5 cm³/mol. The lowest BCUT2D eigenvalue weighted by molar-refractivity contribution is 0.0374. The molecule has 2 rings (SSSR count). The van der Waals surface area contributed by atoms with Crippen molar-refractivity contribution >= 4 is 5.91 Å². The first-order chi connectivity index (χ1) is 10.2. The lowest BCUT2D eigenvalue weighted by atomic mass is 10.1. The Morgan fingerprint density at radius 1 is 1.38 bits per heavy atom. The van der Waals surface area contributed by atoms with Crippen LogP contribution in [0.15, 0.2) is 18.2 Å². The number of nitrogens with zero attached hydrogens (tertiary/aromatic N) is 1. The maximum Gasteiger partial charge on any atom is 0.248 e. The first-order valence-electron chi connectivity index (χ1n) is 7.26. The first kappa shape index (κ1) is 15.9. The van der Waals surface area contributed by atoms with Crippen molar-refractivity contribution in [3.8, 4) is 0 Å². The van der Waals surface area contributed by atoms with Gasteiger partial charge in [-0.15, -0.1) is 0 Å². The number of ether oxygens (including phenoxy) is 1. The molecule has 1 heterocycles. The van der Waals surface area contributed by atoms with Crippen LogP contribution in [0.25, 0.3) is 0 Å². The number of benzene rings is 1. The second kappa shape index (κ2) is 8.07. The Kier molecular flexibility index (Phi) is 6.10. The summed E-state index contributed by atoms with van der Waals surface area (Å²) < 4.78 is 19.0. The summed E-state index contributed by atoms with van der Waals surface area (Å²) in [6, 6.07) is 4.34. The van der Waals surface area contributed by atoms with E-state index in [0.29, 0.717) is 12.1 Å². The molecule has 0 saturated carbocycles. The van der Waals surface area contributed by atoms with E-state index in [9.17, 15) is 9.18 Å². The molecule has 0 atom stereocenters. The van der Waals surface area contributed by atoms with Gasteiger partial charge in [0.25, 0.3) is 0 Å². The van der Waals surface area contributed by atoms with Gasteiger partial charge in [-0.25, -0.2) is 4.39 Å². The molecule has 0 bridgehead atoms. The predicted octanol–water partition coefficient (Wildman–Crippen LogP) is 0.737. The topological polar surface area (TPSA) is 67.6 Å². The molecule has 3 N–H and O–H groups in total. The Balaban J connectivity index is 1.67. The summed E-state index contributed by atoms with van der Waals surface area (Å²) in [6.45, 7) is 5.91. The molecule has 5 nitrogen and oxygen atoms in total. The molecule has 6 heteroatoms. The van der Waals surface area contributed by atoms with Gasteiger partial charge in [-0.1, -0.05) is 6.07 Å². The largest absolute Gasteiger partial charge is 0.379 e. The van der Waals surface area contributed by atoms with Crippen molar-refractivity contribution in [3.63, 3.8) is 0 Å². The fourth-order valence-corrected chi connectivity index (χ4v) is 2.32. The normalized spacial score (nSPS) is 16.0. The molecule has 1 fully saturated rings. The van der Waals surface area contributed by atoms with Crippen molar-refractivity contribution in [2.75, 3.05) is 39.4 Å². The maximum absolute atomic E-state index is 13.7. The van der Waals surface area contributed by atoms with Crippen LogP contribution in [0.2, 0.25) is 0 Å². The number of amides is 1. The smallest absolute Gasteiger partial charge is 0.248 e. The number of nitrogens with one attached hydrogen (secondary N) is 1. The summed E-state index contributed by atoms with van der Waals surface area (Å²) in [6.07, 6.45) is 1.01. The molecule has 0 aliphatic carbocycles. The lowest BCUT2D eigenvalue weighted by Gasteiger charge is -2.26. The summed E-state index contributed by atoms with van der Waals surface area (Å²) >= 11 is 0. The number of halogens is 1. The van der Waals surface area contributed by atoms with Crippen molar-refractivity contribution in [2.45, 2.75) is 13.0 Å². The summed E-state index contributed by atoms with van der Waals surface area (Å²) in [7, 11) is 0.